The van der Waals surface area contributed by atoms with Crippen LogP contribution in [-0.2, 0) is 9.53 Å². The minimum Gasteiger partial charge on any atom is -0.378 e. The Labute approximate surface area is 113 Å². The van der Waals surface area contributed by atoms with Gasteiger partial charge in [-0.05, 0) is 22.0 Å². The van der Waals surface area contributed by atoms with Crippen molar-refractivity contribution in [2.24, 2.45) is 0 Å². The van der Waals surface area contributed by atoms with E-state index in [9.17, 15) is 4.79 Å². The SMILES string of the molecule is CN(C(=O)CC1COCCN1)c1cc(Br)cs1. The first-order chi connectivity index (χ1) is 8.16. The smallest absolute Gasteiger partial charge is 0.228 e. The minimum absolute atomic E-state index is 0.113. The molecule has 1 aromatic rings. The molecule has 1 aromatic heterocycles. The maximum Gasteiger partial charge on any atom is 0.228 e. The molecule has 0 spiro atoms. The lowest BCUT2D eigenvalue weighted by Gasteiger charge is -2.25. The number of ether oxygens (including phenoxy) is 1. The predicted molar refractivity (Wildman–Crippen MR) is 72.7 cm³/mol. The highest BCUT2D eigenvalue weighted by Crippen LogP contribution is 2.27. The summed E-state index contributed by atoms with van der Waals surface area (Å²) in [6.07, 6.45) is 0.478. The van der Waals surface area contributed by atoms with E-state index in [2.05, 4.69) is 21.2 Å². The van der Waals surface area contributed by atoms with Crippen LogP contribution < -0.4 is 10.2 Å². The fourth-order valence-electron chi connectivity index (χ4n) is 1.70. The average molecular weight is 319 g/mol. The Morgan fingerprint density at radius 2 is 2.59 bits per heavy atom. The number of morpholine rings is 1. The van der Waals surface area contributed by atoms with Crippen LogP contribution in [0.4, 0.5) is 5.00 Å². The van der Waals surface area contributed by atoms with Crippen LogP contribution in [0.2, 0.25) is 0 Å². The molecule has 2 rings (SSSR count). The molecule has 0 aliphatic carbocycles. The number of hydrogen-bond donors (Lipinski definition) is 1. The zero-order valence-electron chi connectivity index (χ0n) is 9.61. The molecule has 1 fully saturated rings. The monoisotopic (exact) mass is 318 g/mol. The highest BCUT2D eigenvalue weighted by Gasteiger charge is 2.20. The predicted octanol–water partition coefficient (Wildman–Crippen LogP) is 1.85. The Balaban J connectivity index is 1.90. The quantitative estimate of drug-likeness (QED) is 0.924. The summed E-state index contributed by atoms with van der Waals surface area (Å²) in [4.78, 5) is 13.7. The highest BCUT2D eigenvalue weighted by molar-refractivity contribution is 9.10. The molecule has 4 nitrogen and oxygen atoms in total. The first-order valence-electron chi connectivity index (χ1n) is 5.48. The molecule has 1 unspecified atom stereocenters. The molecule has 0 aromatic carbocycles. The summed E-state index contributed by atoms with van der Waals surface area (Å²) in [7, 11) is 1.81. The molecule has 94 valence electrons. The number of thiophene rings is 1. The topological polar surface area (TPSA) is 41.6 Å². The van der Waals surface area contributed by atoms with Gasteiger partial charge in [-0.15, -0.1) is 11.3 Å². The highest BCUT2D eigenvalue weighted by atomic mass is 79.9. The standard InChI is InChI=1S/C11H15BrN2O2S/c1-14(11-4-8(12)7-17-11)10(15)5-9-6-16-3-2-13-9/h4,7,9,13H,2-3,5-6H2,1H3. The molecule has 1 aliphatic heterocycles. The van der Waals surface area contributed by atoms with Crippen molar-refractivity contribution in [2.75, 3.05) is 31.7 Å². The van der Waals surface area contributed by atoms with E-state index in [0.29, 0.717) is 13.0 Å². The van der Waals surface area contributed by atoms with Crippen LogP contribution in [0, 0.1) is 0 Å². The van der Waals surface area contributed by atoms with E-state index in [1.165, 1.54) is 0 Å². The average Bonchev–Trinajstić information content (AvgIpc) is 2.76. The van der Waals surface area contributed by atoms with Gasteiger partial charge in [-0.2, -0.15) is 0 Å². The second-order valence-electron chi connectivity index (χ2n) is 3.99. The van der Waals surface area contributed by atoms with Crippen molar-refractivity contribution < 1.29 is 9.53 Å². The zero-order chi connectivity index (χ0) is 12.3. The third kappa shape index (κ3) is 3.51. The van der Waals surface area contributed by atoms with Gasteiger partial charge in [0, 0.05) is 35.9 Å². The van der Waals surface area contributed by atoms with E-state index in [0.717, 1.165) is 22.6 Å². The van der Waals surface area contributed by atoms with Crippen LogP contribution in [0.3, 0.4) is 0 Å². The number of rotatable bonds is 3. The lowest BCUT2D eigenvalue weighted by molar-refractivity contribution is -0.119. The van der Waals surface area contributed by atoms with Gasteiger partial charge >= 0.3 is 0 Å². The molecule has 17 heavy (non-hydrogen) atoms. The van der Waals surface area contributed by atoms with Crippen LogP contribution in [0.15, 0.2) is 15.9 Å². The Kier molecular flexibility index (Phi) is 4.55. The number of anilines is 1. The summed E-state index contributed by atoms with van der Waals surface area (Å²) >= 11 is 4.94. The van der Waals surface area contributed by atoms with E-state index in [-0.39, 0.29) is 11.9 Å². The van der Waals surface area contributed by atoms with Crippen LogP contribution in [-0.4, -0.2) is 38.8 Å². The molecular weight excluding hydrogens is 304 g/mol. The third-order valence-electron chi connectivity index (χ3n) is 2.68. The first-order valence-corrected chi connectivity index (χ1v) is 7.16. The maximum absolute atomic E-state index is 12.0. The normalized spacial score (nSPS) is 20.2. The molecule has 1 N–H and O–H groups in total. The minimum atomic E-state index is 0.113. The second kappa shape index (κ2) is 5.95. The van der Waals surface area contributed by atoms with Crippen molar-refractivity contribution in [1.29, 1.82) is 0 Å². The maximum atomic E-state index is 12.0. The number of carbonyl (C=O) groups is 1. The van der Waals surface area contributed by atoms with Gasteiger partial charge in [0.05, 0.1) is 18.2 Å². The lowest BCUT2D eigenvalue weighted by Crippen LogP contribution is -2.44. The third-order valence-corrected chi connectivity index (χ3v) is 4.44. The van der Waals surface area contributed by atoms with Gasteiger partial charge < -0.3 is 15.0 Å². The fourth-order valence-corrected chi connectivity index (χ4v) is 3.11. The van der Waals surface area contributed by atoms with Gasteiger partial charge in [0.15, 0.2) is 0 Å². The molecule has 0 bridgehead atoms. The van der Waals surface area contributed by atoms with E-state index in [1.54, 1.807) is 16.2 Å². The molecule has 1 aliphatic rings. The second-order valence-corrected chi connectivity index (χ2v) is 5.79. The number of nitrogens with one attached hydrogen (secondary N) is 1. The molecule has 0 saturated carbocycles. The molecule has 1 amide bonds. The van der Waals surface area contributed by atoms with Crippen LogP contribution >= 0.6 is 27.3 Å². The lowest BCUT2D eigenvalue weighted by atomic mass is 10.2. The first kappa shape index (κ1) is 13.0. The summed E-state index contributed by atoms with van der Waals surface area (Å²) < 4.78 is 6.34. The van der Waals surface area contributed by atoms with Crippen LogP contribution in [0.25, 0.3) is 0 Å². The molecule has 2 heterocycles. The van der Waals surface area contributed by atoms with Crippen LogP contribution in [0.1, 0.15) is 6.42 Å². The summed E-state index contributed by atoms with van der Waals surface area (Å²) in [6.45, 7) is 2.18. The van der Waals surface area contributed by atoms with E-state index < -0.39 is 0 Å². The number of nitrogens with zero attached hydrogens (tertiary/aromatic N) is 1. The van der Waals surface area contributed by atoms with Crippen molar-refractivity contribution in [3.63, 3.8) is 0 Å². The largest absolute Gasteiger partial charge is 0.378 e. The van der Waals surface area contributed by atoms with Crippen molar-refractivity contribution in [2.45, 2.75) is 12.5 Å². The van der Waals surface area contributed by atoms with Gasteiger partial charge in [0.25, 0.3) is 0 Å². The summed E-state index contributed by atoms with van der Waals surface area (Å²) in [5.41, 5.74) is 0. The fraction of sp³-hybridized carbons (Fsp3) is 0.545. The number of halogens is 1. The van der Waals surface area contributed by atoms with Crippen molar-refractivity contribution in [3.8, 4) is 0 Å². The summed E-state index contributed by atoms with van der Waals surface area (Å²) in [5, 5.41) is 6.21. The van der Waals surface area contributed by atoms with Crippen molar-refractivity contribution in [3.05, 3.63) is 15.9 Å². The summed E-state index contributed by atoms with van der Waals surface area (Å²) in [5.74, 6) is 0.113. The Hall–Kier alpha value is -0.430. The van der Waals surface area contributed by atoms with Gasteiger partial charge in [-0.1, -0.05) is 0 Å². The molecule has 1 atom stereocenters. The number of amides is 1. The zero-order valence-corrected chi connectivity index (χ0v) is 12.0. The van der Waals surface area contributed by atoms with Crippen LogP contribution in [0.5, 0.6) is 0 Å². The Morgan fingerprint density at radius 3 is 3.18 bits per heavy atom. The van der Waals surface area contributed by atoms with E-state index in [1.807, 2.05) is 18.5 Å². The Bertz CT molecular complexity index is 391. The van der Waals surface area contributed by atoms with Crippen molar-refractivity contribution in [1.82, 2.24) is 5.32 Å². The Morgan fingerprint density at radius 1 is 1.76 bits per heavy atom. The summed E-state index contributed by atoms with van der Waals surface area (Å²) in [6, 6.07) is 2.09. The number of carbonyl (C=O) groups excluding carboxylic acids is 1. The van der Waals surface area contributed by atoms with E-state index in [4.69, 9.17) is 4.74 Å². The molecule has 1 saturated heterocycles. The van der Waals surface area contributed by atoms with Crippen molar-refractivity contribution >= 4 is 38.2 Å². The van der Waals surface area contributed by atoms with Gasteiger partial charge in [-0.3, -0.25) is 4.79 Å². The van der Waals surface area contributed by atoms with Gasteiger partial charge in [-0.25, -0.2) is 0 Å². The number of hydrogen-bond acceptors (Lipinski definition) is 4. The van der Waals surface area contributed by atoms with Gasteiger partial charge in [0.2, 0.25) is 5.91 Å². The molecule has 6 heteroatoms. The van der Waals surface area contributed by atoms with Gasteiger partial charge in [0.1, 0.15) is 0 Å². The molecular formula is C11H15BrN2O2S. The van der Waals surface area contributed by atoms with E-state index >= 15 is 0 Å². The molecule has 0 radical (unpaired) electrons.